The van der Waals surface area contributed by atoms with Crippen LogP contribution >= 0.6 is 0 Å². The number of amides is 2. The van der Waals surface area contributed by atoms with Gasteiger partial charge in [0, 0.05) is 13.5 Å². The Morgan fingerprint density at radius 1 is 1.56 bits per heavy atom. The largest absolute Gasteiger partial charge is 0.480 e. The summed E-state index contributed by atoms with van der Waals surface area (Å²) in [5.74, 6) is -2.39. The highest BCUT2D eigenvalue weighted by molar-refractivity contribution is 5.95. The zero-order chi connectivity index (χ0) is 13.7. The first kappa shape index (κ1) is 13.7. The molecule has 0 aliphatic rings. The van der Waals surface area contributed by atoms with Crippen molar-refractivity contribution >= 4 is 17.8 Å². The number of nitrogens with two attached hydrogens (primary N) is 1. The van der Waals surface area contributed by atoms with Gasteiger partial charge in [0.25, 0.3) is 5.91 Å². The smallest absolute Gasteiger partial charge is 0.326 e. The zero-order valence-electron chi connectivity index (χ0n) is 9.79. The normalized spacial score (nSPS) is 11.8. The van der Waals surface area contributed by atoms with Crippen molar-refractivity contribution in [3.8, 4) is 0 Å². The Labute approximate surface area is 103 Å². The van der Waals surface area contributed by atoms with Crippen LogP contribution in [-0.4, -0.2) is 38.5 Å². The van der Waals surface area contributed by atoms with Crippen molar-refractivity contribution in [2.24, 2.45) is 12.8 Å². The van der Waals surface area contributed by atoms with Crippen LogP contribution in [0.3, 0.4) is 0 Å². The lowest BCUT2D eigenvalue weighted by molar-refractivity contribution is -0.139. The molecule has 98 valence electrons. The molecule has 1 atom stereocenters. The van der Waals surface area contributed by atoms with E-state index >= 15 is 0 Å². The van der Waals surface area contributed by atoms with Crippen LogP contribution in [-0.2, 0) is 16.6 Å². The van der Waals surface area contributed by atoms with E-state index in [0.29, 0.717) is 0 Å². The molecule has 1 unspecified atom stereocenters. The molecule has 1 aromatic rings. The number of nitrogens with one attached hydrogen (secondary N) is 1. The van der Waals surface area contributed by atoms with Gasteiger partial charge in [-0.2, -0.15) is 0 Å². The Hall–Kier alpha value is -2.38. The molecule has 0 aliphatic heterocycles. The lowest BCUT2D eigenvalue weighted by Crippen LogP contribution is -2.41. The molecule has 1 heterocycles. The Morgan fingerprint density at radius 2 is 2.22 bits per heavy atom. The van der Waals surface area contributed by atoms with Crippen LogP contribution in [0.4, 0.5) is 0 Å². The molecule has 0 fully saturated rings. The van der Waals surface area contributed by atoms with Crippen molar-refractivity contribution in [1.29, 1.82) is 0 Å². The number of carboxylic acid groups (broad SMARTS) is 1. The second kappa shape index (κ2) is 5.80. The number of hydrogen-bond donors (Lipinski definition) is 3. The number of hydrogen-bond acceptors (Lipinski definition) is 4. The van der Waals surface area contributed by atoms with E-state index in [4.69, 9.17) is 10.8 Å². The highest BCUT2D eigenvalue weighted by Gasteiger charge is 2.22. The summed E-state index contributed by atoms with van der Waals surface area (Å²) in [5, 5.41) is 11.2. The molecule has 1 rings (SSSR count). The lowest BCUT2D eigenvalue weighted by Gasteiger charge is -2.13. The van der Waals surface area contributed by atoms with Crippen LogP contribution in [0.5, 0.6) is 0 Å². The number of carboxylic acids is 1. The first-order valence-corrected chi connectivity index (χ1v) is 5.20. The molecular formula is C10H14N4O4. The van der Waals surface area contributed by atoms with E-state index in [9.17, 15) is 14.4 Å². The van der Waals surface area contributed by atoms with Crippen LogP contribution in [0.25, 0.3) is 0 Å². The van der Waals surface area contributed by atoms with Crippen molar-refractivity contribution in [3.63, 3.8) is 0 Å². The average molecular weight is 254 g/mol. The molecule has 0 aromatic carbocycles. The molecule has 0 saturated heterocycles. The van der Waals surface area contributed by atoms with Gasteiger partial charge in [-0.3, -0.25) is 9.59 Å². The predicted octanol–water partition coefficient (Wildman–Crippen LogP) is -1.13. The van der Waals surface area contributed by atoms with Gasteiger partial charge < -0.3 is 20.7 Å². The molecule has 1 aromatic heterocycles. The standard InChI is InChI=1S/C10H14N4O4/c1-14-5-12-4-7(14)9(16)13-6(10(17)18)2-3-8(11)15/h4-6H,2-3H2,1H3,(H2,11,15)(H,13,16)(H,17,18). The highest BCUT2D eigenvalue weighted by Crippen LogP contribution is 2.01. The van der Waals surface area contributed by atoms with Crippen LogP contribution in [0, 0.1) is 0 Å². The number of nitrogens with zero attached hydrogens (tertiary/aromatic N) is 2. The van der Waals surface area contributed by atoms with E-state index in [1.165, 1.54) is 17.1 Å². The van der Waals surface area contributed by atoms with E-state index in [-0.39, 0.29) is 18.5 Å². The van der Waals surface area contributed by atoms with E-state index in [2.05, 4.69) is 10.3 Å². The maximum absolute atomic E-state index is 11.7. The molecular weight excluding hydrogens is 240 g/mol. The third kappa shape index (κ3) is 3.58. The molecule has 4 N–H and O–H groups in total. The summed E-state index contributed by atoms with van der Waals surface area (Å²) < 4.78 is 1.46. The van der Waals surface area contributed by atoms with Gasteiger partial charge in [0.15, 0.2) is 0 Å². The van der Waals surface area contributed by atoms with Crippen molar-refractivity contribution in [3.05, 3.63) is 18.2 Å². The van der Waals surface area contributed by atoms with Gasteiger partial charge in [-0.05, 0) is 6.42 Å². The SMILES string of the molecule is Cn1cncc1C(=O)NC(CCC(N)=O)C(=O)O. The van der Waals surface area contributed by atoms with E-state index in [1.54, 1.807) is 7.05 Å². The molecule has 0 saturated carbocycles. The lowest BCUT2D eigenvalue weighted by atomic mass is 10.1. The van der Waals surface area contributed by atoms with Gasteiger partial charge in [-0.15, -0.1) is 0 Å². The second-order valence-electron chi connectivity index (χ2n) is 3.76. The fraction of sp³-hybridized carbons (Fsp3) is 0.400. The van der Waals surface area contributed by atoms with E-state index < -0.39 is 23.8 Å². The Kier molecular flexibility index (Phi) is 4.41. The van der Waals surface area contributed by atoms with Crippen molar-refractivity contribution in [1.82, 2.24) is 14.9 Å². The van der Waals surface area contributed by atoms with Crippen molar-refractivity contribution in [2.75, 3.05) is 0 Å². The summed E-state index contributed by atoms with van der Waals surface area (Å²) in [7, 11) is 1.61. The molecule has 0 bridgehead atoms. The minimum Gasteiger partial charge on any atom is -0.480 e. The fourth-order valence-electron chi connectivity index (χ4n) is 1.35. The average Bonchev–Trinajstić information content (AvgIpc) is 2.69. The molecule has 2 amide bonds. The fourth-order valence-corrected chi connectivity index (χ4v) is 1.35. The molecule has 18 heavy (non-hydrogen) atoms. The third-order valence-electron chi connectivity index (χ3n) is 2.33. The molecule has 8 nitrogen and oxygen atoms in total. The Morgan fingerprint density at radius 3 is 2.67 bits per heavy atom. The first-order valence-electron chi connectivity index (χ1n) is 5.20. The van der Waals surface area contributed by atoms with Gasteiger partial charge in [0.05, 0.1) is 12.5 Å². The maximum atomic E-state index is 11.7. The van der Waals surface area contributed by atoms with Crippen LogP contribution in [0.1, 0.15) is 23.3 Å². The Balaban J connectivity index is 2.67. The van der Waals surface area contributed by atoms with Gasteiger partial charge in [-0.1, -0.05) is 0 Å². The predicted molar refractivity (Wildman–Crippen MR) is 60.5 cm³/mol. The first-order chi connectivity index (χ1) is 8.41. The Bertz CT molecular complexity index is 468. The van der Waals surface area contributed by atoms with Gasteiger partial charge >= 0.3 is 5.97 Å². The molecule has 0 aliphatic carbocycles. The summed E-state index contributed by atoms with van der Waals surface area (Å²) in [6, 6.07) is -1.15. The topological polar surface area (TPSA) is 127 Å². The van der Waals surface area contributed by atoms with E-state index in [1.807, 2.05) is 0 Å². The number of primary amides is 1. The van der Waals surface area contributed by atoms with Gasteiger partial charge in [0.2, 0.25) is 5.91 Å². The highest BCUT2D eigenvalue weighted by atomic mass is 16.4. The second-order valence-corrected chi connectivity index (χ2v) is 3.76. The minimum absolute atomic E-state index is 0.0474. The minimum atomic E-state index is -1.22. The summed E-state index contributed by atoms with van der Waals surface area (Å²) in [4.78, 5) is 37.0. The molecule has 0 radical (unpaired) electrons. The van der Waals surface area contributed by atoms with Crippen LogP contribution < -0.4 is 11.1 Å². The van der Waals surface area contributed by atoms with Gasteiger partial charge in [0.1, 0.15) is 11.7 Å². The van der Waals surface area contributed by atoms with Gasteiger partial charge in [-0.25, -0.2) is 9.78 Å². The third-order valence-corrected chi connectivity index (χ3v) is 2.33. The quantitative estimate of drug-likeness (QED) is 0.591. The summed E-state index contributed by atoms with van der Waals surface area (Å²) in [6.07, 6.45) is 2.59. The van der Waals surface area contributed by atoms with E-state index in [0.717, 1.165) is 0 Å². The summed E-state index contributed by atoms with van der Waals surface area (Å²) in [5.41, 5.74) is 5.17. The number of aromatic nitrogens is 2. The zero-order valence-corrected chi connectivity index (χ0v) is 9.79. The number of carbonyl (C=O) groups excluding carboxylic acids is 2. The van der Waals surface area contributed by atoms with Crippen LogP contribution in [0.2, 0.25) is 0 Å². The van der Waals surface area contributed by atoms with Crippen molar-refractivity contribution < 1.29 is 19.5 Å². The van der Waals surface area contributed by atoms with Crippen LogP contribution in [0.15, 0.2) is 12.5 Å². The molecule has 8 heteroatoms. The summed E-state index contributed by atoms with van der Waals surface area (Å²) in [6.45, 7) is 0. The number of aryl methyl sites for hydroxylation is 1. The van der Waals surface area contributed by atoms with Crippen molar-refractivity contribution in [2.45, 2.75) is 18.9 Å². The maximum Gasteiger partial charge on any atom is 0.326 e. The number of aliphatic carboxylic acids is 1. The number of imidazole rings is 1. The number of rotatable bonds is 6. The monoisotopic (exact) mass is 254 g/mol. The summed E-state index contributed by atoms with van der Waals surface area (Å²) >= 11 is 0. The number of carbonyl (C=O) groups is 3. The molecule has 0 spiro atoms.